The molecule has 0 aromatic heterocycles. The number of aliphatic imine (C=N–C) groups is 1. The lowest BCUT2D eigenvalue weighted by Gasteiger charge is -2.25. The fourth-order valence-electron chi connectivity index (χ4n) is 2.96. The van der Waals surface area contributed by atoms with E-state index < -0.39 is 9.39 Å². The Hall–Kier alpha value is -2.30. The first-order valence-corrected chi connectivity index (χ1v) is 11.8. The van der Waals surface area contributed by atoms with Gasteiger partial charge in [-0.2, -0.15) is 0 Å². The van der Waals surface area contributed by atoms with Crippen LogP contribution in [0.4, 0.5) is 0 Å². The second-order valence-corrected chi connectivity index (χ2v) is 10.3. The minimum absolute atomic E-state index is 0.0944. The largest absolute Gasteiger partial charge is 0.443 e. The Morgan fingerprint density at radius 3 is 2.21 bits per heavy atom. The number of ether oxygens (including phenoxy) is 1. The molecule has 29 heavy (non-hydrogen) atoms. The number of nitrogens with one attached hydrogen (secondary N) is 1. The van der Waals surface area contributed by atoms with Crippen LogP contribution in [0.3, 0.4) is 0 Å². The summed E-state index contributed by atoms with van der Waals surface area (Å²) in [5, 5.41) is 0. The van der Waals surface area contributed by atoms with Gasteiger partial charge in [-0.05, 0) is 82.0 Å². The predicted molar refractivity (Wildman–Crippen MR) is 132 cm³/mol. The van der Waals surface area contributed by atoms with Gasteiger partial charge in [0.1, 0.15) is 5.75 Å². The van der Waals surface area contributed by atoms with Crippen LogP contribution < -0.4 is 9.46 Å². The topological polar surface area (TPSA) is 33.6 Å². The van der Waals surface area contributed by atoms with E-state index in [2.05, 4.69) is 75.1 Å². The molecule has 0 amide bonds. The Balaban J connectivity index is 2.11. The lowest BCUT2D eigenvalue weighted by atomic mass is 10.1. The highest BCUT2D eigenvalue weighted by Crippen LogP contribution is 2.34. The molecular weight excluding hydrogens is 376 g/mol. The Bertz CT molecular complexity index is 1030. The molecule has 0 aliphatic heterocycles. The standard InChI is InChI=1S/C25H34N2OS/c1-17-10-12-24(13-11-17)28-23(7)26-16-21(5)22(6)27-29(8,9)25-15-19(3)18(2)14-20(25)4/h10-16,22,27H,8-9H2,1-7H3/b21-16+,26-23?. The van der Waals surface area contributed by atoms with Crippen molar-refractivity contribution in [3.63, 3.8) is 0 Å². The van der Waals surface area contributed by atoms with E-state index in [0.29, 0.717) is 5.90 Å². The number of rotatable bonds is 6. The van der Waals surface area contributed by atoms with Crippen LogP contribution in [-0.4, -0.2) is 23.7 Å². The van der Waals surface area contributed by atoms with Gasteiger partial charge in [0.25, 0.3) is 0 Å². The minimum atomic E-state index is -1.64. The van der Waals surface area contributed by atoms with E-state index in [0.717, 1.165) is 11.3 Å². The Morgan fingerprint density at radius 2 is 1.59 bits per heavy atom. The Morgan fingerprint density at radius 1 is 1.00 bits per heavy atom. The van der Waals surface area contributed by atoms with Crippen molar-refractivity contribution in [3.05, 3.63) is 70.4 Å². The van der Waals surface area contributed by atoms with E-state index in [4.69, 9.17) is 4.74 Å². The summed E-state index contributed by atoms with van der Waals surface area (Å²) in [6.45, 7) is 14.5. The van der Waals surface area contributed by atoms with E-state index in [-0.39, 0.29) is 6.04 Å². The molecule has 0 aliphatic carbocycles. The predicted octanol–water partition coefficient (Wildman–Crippen LogP) is 6.24. The SMILES string of the molecule is C=S(=C)(NC(C)/C(C)=C/N=C(C)Oc1ccc(C)cc1)c1cc(C)c(C)cc1C. The summed E-state index contributed by atoms with van der Waals surface area (Å²) in [6, 6.07) is 12.5. The van der Waals surface area contributed by atoms with Crippen LogP contribution in [0.25, 0.3) is 0 Å². The van der Waals surface area contributed by atoms with Gasteiger partial charge in [-0.15, -0.1) is 9.39 Å². The van der Waals surface area contributed by atoms with Gasteiger partial charge >= 0.3 is 0 Å². The highest BCUT2D eigenvalue weighted by Gasteiger charge is 2.12. The summed E-state index contributed by atoms with van der Waals surface area (Å²) in [6.07, 6.45) is 1.85. The maximum absolute atomic E-state index is 5.78. The summed E-state index contributed by atoms with van der Waals surface area (Å²) in [5.74, 6) is 10.2. The first kappa shape index (κ1) is 23.0. The highest BCUT2D eigenvalue weighted by molar-refractivity contribution is 8.26. The lowest BCUT2D eigenvalue weighted by molar-refractivity contribution is 0.546. The molecule has 4 heteroatoms. The van der Waals surface area contributed by atoms with Gasteiger partial charge in [0.2, 0.25) is 0 Å². The maximum atomic E-state index is 5.78. The van der Waals surface area contributed by atoms with Crippen LogP contribution in [0.15, 0.2) is 58.1 Å². The molecule has 0 heterocycles. The van der Waals surface area contributed by atoms with Gasteiger partial charge in [-0.1, -0.05) is 35.5 Å². The van der Waals surface area contributed by atoms with E-state index in [1.165, 1.54) is 27.1 Å². The third kappa shape index (κ3) is 6.34. The molecule has 0 saturated carbocycles. The van der Waals surface area contributed by atoms with E-state index in [1.54, 1.807) is 0 Å². The molecule has 156 valence electrons. The van der Waals surface area contributed by atoms with Crippen LogP contribution in [0.2, 0.25) is 0 Å². The van der Waals surface area contributed by atoms with E-state index >= 15 is 0 Å². The number of hydrogen-bond acceptors (Lipinski definition) is 3. The first-order chi connectivity index (χ1) is 13.5. The second-order valence-electron chi connectivity index (χ2n) is 7.86. The molecule has 0 spiro atoms. The zero-order valence-electron chi connectivity index (χ0n) is 18.8. The van der Waals surface area contributed by atoms with Crippen LogP contribution >= 0.6 is 9.39 Å². The molecule has 0 fully saturated rings. The molecule has 2 rings (SSSR count). The van der Waals surface area contributed by atoms with Crippen LogP contribution in [0.5, 0.6) is 5.75 Å². The Labute approximate surface area is 177 Å². The molecule has 1 N–H and O–H groups in total. The van der Waals surface area contributed by atoms with Crippen molar-refractivity contribution in [3.8, 4) is 5.75 Å². The molecule has 3 nitrogen and oxygen atoms in total. The number of benzene rings is 2. The van der Waals surface area contributed by atoms with E-state index in [1.807, 2.05) is 37.4 Å². The van der Waals surface area contributed by atoms with Crippen molar-refractivity contribution in [2.24, 2.45) is 4.99 Å². The summed E-state index contributed by atoms with van der Waals surface area (Å²) in [4.78, 5) is 5.67. The second kappa shape index (κ2) is 9.47. The monoisotopic (exact) mass is 410 g/mol. The number of aryl methyl sites for hydroxylation is 4. The van der Waals surface area contributed by atoms with Crippen molar-refractivity contribution >= 4 is 27.0 Å². The average Bonchev–Trinajstić information content (AvgIpc) is 2.64. The van der Waals surface area contributed by atoms with Crippen LogP contribution in [0.1, 0.15) is 43.0 Å². The fraction of sp³-hybridized carbons (Fsp3) is 0.320. The fourth-order valence-corrected chi connectivity index (χ4v) is 5.02. The van der Waals surface area contributed by atoms with Gasteiger partial charge < -0.3 is 4.74 Å². The van der Waals surface area contributed by atoms with Gasteiger partial charge in [0, 0.05) is 24.1 Å². The highest BCUT2D eigenvalue weighted by atomic mass is 32.2. The van der Waals surface area contributed by atoms with Gasteiger partial charge in [0.05, 0.1) is 0 Å². The molecule has 1 unspecified atom stereocenters. The number of nitrogens with zero attached hydrogens (tertiary/aromatic N) is 1. The summed E-state index contributed by atoms with van der Waals surface area (Å²) in [7, 11) is -1.64. The zero-order valence-corrected chi connectivity index (χ0v) is 19.6. The van der Waals surface area contributed by atoms with Crippen molar-refractivity contribution in [1.29, 1.82) is 0 Å². The third-order valence-corrected chi connectivity index (χ3v) is 7.12. The van der Waals surface area contributed by atoms with Gasteiger partial charge in [-0.25, -0.2) is 4.99 Å². The molecule has 0 saturated heterocycles. The lowest BCUT2D eigenvalue weighted by Crippen LogP contribution is -2.24. The quantitative estimate of drug-likeness (QED) is 0.347. The molecule has 2 aromatic carbocycles. The summed E-state index contributed by atoms with van der Waals surface area (Å²) < 4.78 is 9.40. The van der Waals surface area contributed by atoms with Crippen molar-refractivity contribution < 1.29 is 4.74 Å². The van der Waals surface area contributed by atoms with Crippen molar-refractivity contribution in [2.45, 2.75) is 59.4 Å². The average molecular weight is 411 g/mol. The molecule has 2 aromatic rings. The smallest absolute Gasteiger partial charge is 0.191 e. The molecule has 0 radical (unpaired) electrons. The first-order valence-electron chi connectivity index (χ1n) is 9.80. The summed E-state index contributed by atoms with van der Waals surface area (Å²) in [5.41, 5.74) is 6.10. The van der Waals surface area contributed by atoms with Crippen molar-refractivity contribution in [2.75, 3.05) is 0 Å². The van der Waals surface area contributed by atoms with Gasteiger partial charge in [-0.3, -0.25) is 4.72 Å². The van der Waals surface area contributed by atoms with E-state index in [9.17, 15) is 0 Å². The van der Waals surface area contributed by atoms with Gasteiger partial charge in [0.15, 0.2) is 5.90 Å². The summed E-state index contributed by atoms with van der Waals surface area (Å²) >= 11 is 0. The number of hydrogen-bond donors (Lipinski definition) is 1. The molecule has 0 bridgehead atoms. The van der Waals surface area contributed by atoms with Crippen molar-refractivity contribution in [1.82, 2.24) is 4.72 Å². The van der Waals surface area contributed by atoms with Crippen LogP contribution in [-0.2, 0) is 0 Å². The third-order valence-electron chi connectivity index (χ3n) is 5.03. The Kier molecular flexibility index (Phi) is 7.50. The molecular formula is C25H34N2OS. The maximum Gasteiger partial charge on any atom is 0.191 e. The normalized spacial score (nSPS) is 14.0. The van der Waals surface area contributed by atoms with Crippen LogP contribution in [0, 0.1) is 27.7 Å². The molecule has 0 aliphatic rings. The molecule has 1 atom stereocenters. The zero-order chi connectivity index (χ0) is 21.8. The minimum Gasteiger partial charge on any atom is -0.443 e.